The first-order chi connectivity index (χ1) is 16.0. The van der Waals surface area contributed by atoms with E-state index in [0.717, 1.165) is 6.26 Å². The minimum Gasteiger partial charge on any atom is -0.497 e. The molecule has 0 atom stereocenters. The summed E-state index contributed by atoms with van der Waals surface area (Å²) in [5.41, 5.74) is 0.197. The Morgan fingerprint density at radius 3 is 1.62 bits per heavy atom. The molecule has 0 aromatic heterocycles. The molecule has 0 aliphatic rings. The summed E-state index contributed by atoms with van der Waals surface area (Å²) in [7, 11) is -5.47. The van der Waals surface area contributed by atoms with Crippen LogP contribution in [0.25, 0.3) is 0 Å². The van der Waals surface area contributed by atoms with E-state index in [-0.39, 0.29) is 36.1 Å². The van der Waals surface area contributed by atoms with Crippen LogP contribution in [-0.2, 0) is 20.3 Å². The minimum absolute atomic E-state index is 0.0285. The SMILES string of the molecule is COc1ccc(OC/C=C/COc2ccc(OC)cc2N=NS(=O)(=O)O)c(N=NS(C)(=O)=O)c1. The molecular weight excluding hydrogens is 492 g/mol. The third-order valence-corrected chi connectivity index (χ3v) is 4.38. The Labute approximate surface area is 196 Å². The zero-order chi connectivity index (χ0) is 25.2. The van der Waals surface area contributed by atoms with Crippen LogP contribution < -0.4 is 18.9 Å². The summed E-state index contributed by atoms with van der Waals surface area (Å²) in [5, 5.41) is 7.15. The zero-order valence-corrected chi connectivity index (χ0v) is 20.0. The summed E-state index contributed by atoms with van der Waals surface area (Å²) in [6.45, 7) is 0.155. The fourth-order valence-electron chi connectivity index (χ4n) is 2.27. The van der Waals surface area contributed by atoms with Crippen molar-refractivity contribution in [3.8, 4) is 23.0 Å². The second-order valence-electron chi connectivity index (χ2n) is 6.30. The normalized spacial score (nSPS) is 12.5. The third kappa shape index (κ3) is 9.51. The number of sulfonamides is 1. The molecule has 2 aromatic carbocycles. The third-order valence-electron chi connectivity index (χ3n) is 3.72. The highest BCUT2D eigenvalue weighted by atomic mass is 32.2. The highest BCUT2D eigenvalue weighted by Gasteiger charge is 2.08. The number of hydrogen-bond acceptors (Lipinski definition) is 10. The molecule has 0 bridgehead atoms. The topological polar surface area (TPSA) is 175 Å². The van der Waals surface area contributed by atoms with Crippen molar-refractivity contribution in [1.29, 1.82) is 0 Å². The molecule has 0 aliphatic carbocycles. The van der Waals surface area contributed by atoms with Crippen LogP contribution in [0.15, 0.2) is 67.8 Å². The van der Waals surface area contributed by atoms with Gasteiger partial charge in [-0.05, 0) is 40.9 Å². The number of ether oxygens (including phenoxy) is 4. The lowest BCUT2D eigenvalue weighted by Crippen LogP contribution is -1.98. The molecule has 0 saturated carbocycles. The van der Waals surface area contributed by atoms with Gasteiger partial charge in [-0.25, -0.2) is 8.42 Å². The van der Waals surface area contributed by atoms with Gasteiger partial charge < -0.3 is 18.9 Å². The molecule has 0 heterocycles. The first-order valence-electron chi connectivity index (χ1n) is 9.31. The quantitative estimate of drug-likeness (QED) is 0.252. The van der Waals surface area contributed by atoms with Gasteiger partial charge in [0, 0.05) is 12.1 Å². The summed E-state index contributed by atoms with van der Waals surface area (Å²) in [5.74, 6) is 1.29. The molecule has 184 valence electrons. The second kappa shape index (κ2) is 12.1. The van der Waals surface area contributed by atoms with Crippen LogP contribution in [0.5, 0.6) is 23.0 Å². The molecule has 13 nitrogen and oxygen atoms in total. The molecule has 0 fully saturated rings. The molecule has 34 heavy (non-hydrogen) atoms. The summed E-state index contributed by atoms with van der Waals surface area (Å²) < 4.78 is 80.2. The van der Waals surface area contributed by atoms with E-state index < -0.39 is 20.3 Å². The predicted molar refractivity (Wildman–Crippen MR) is 122 cm³/mol. The van der Waals surface area contributed by atoms with Crippen LogP contribution in [0.1, 0.15) is 0 Å². The second-order valence-corrected chi connectivity index (χ2v) is 8.99. The van der Waals surface area contributed by atoms with E-state index in [1.165, 1.54) is 32.4 Å². The van der Waals surface area contributed by atoms with E-state index in [1.54, 1.807) is 30.4 Å². The van der Waals surface area contributed by atoms with Gasteiger partial charge in [-0.2, -0.15) is 8.42 Å². The van der Waals surface area contributed by atoms with Crippen molar-refractivity contribution in [2.24, 2.45) is 19.3 Å². The summed E-state index contributed by atoms with van der Waals surface area (Å²) in [6, 6.07) is 9.11. The fraction of sp³-hybridized carbons (Fsp3) is 0.263. The number of methoxy groups -OCH3 is 2. The Hall–Kier alpha value is -3.56. The lowest BCUT2D eigenvalue weighted by molar-refractivity contribution is 0.350. The number of nitrogens with zero attached hydrogens (tertiary/aromatic N) is 4. The first-order valence-corrected chi connectivity index (χ1v) is 12.6. The zero-order valence-electron chi connectivity index (χ0n) is 18.4. The van der Waals surface area contributed by atoms with Gasteiger partial charge in [0.15, 0.2) is 0 Å². The lowest BCUT2D eigenvalue weighted by Gasteiger charge is -2.09. The monoisotopic (exact) mass is 514 g/mol. The largest absolute Gasteiger partial charge is 0.497 e. The Morgan fingerprint density at radius 1 is 0.794 bits per heavy atom. The van der Waals surface area contributed by atoms with Crippen molar-refractivity contribution < 1.29 is 40.3 Å². The highest BCUT2D eigenvalue weighted by Crippen LogP contribution is 2.33. The van der Waals surface area contributed by atoms with Crippen molar-refractivity contribution in [1.82, 2.24) is 0 Å². The van der Waals surface area contributed by atoms with E-state index in [4.69, 9.17) is 23.5 Å². The predicted octanol–water partition coefficient (Wildman–Crippen LogP) is 3.65. The molecule has 0 amide bonds. The van der Waals surface area contributed by atoms with Gasteiger partial charge in [-0.15, -0.1) is 10.2 Å². The Bertz CT molecular complexity index is 1190. The Balaban J connectivity index is 2.03. The van der Waals surface area contributed by atoms with Crippen molar-refractivity contribution in [2.75, 3.05) is 33.7 Å². The van der Waals surface area contributed by atoms with E-state index in [0.29, 0.717) is 11.5 Å². The van der Waals surface area contributed by atoms with Crippen LogP contribution in [0.2, 0.25) is 0 Å². The summed E-state index contributed by atoms with van der Waals surface area (Å²) in [4.78, 5) is 0. The molecule has 0 unspecified atom stereocenters. The molecule has 0 aliphatic heterocycles. The Morgan fingerprint density at radius 2 is 1.24 bits per heavy atom. The minimum atomic E-state index is -4.66. The van der Waals surface area contributed by atoms with Gasteiger partial charge in [0.2, 0.25) is 0 Å². The van der Waals surface area contributed by atoms with Gasteiger partial charge in [0.25, 0.3) is 10.0 Å². The number of hydrogen-bond donors (Lipinski definition) is 1. The summed E-state index contributed by atoms with van der Waals surface area (Å²) in [6.07, 6.45) is 4.16. The highest BCUT2D eigenvalue weighted by molar-refractivity contribution is 7.89. The van der Waals surface area contributed by atoms with Crippen molar-refractivity contribution in [3.63, 3.8) is 0 Å². The molecule has 15 heteroatoms. The molecule has 2 aromatic rings. The number of rotatable bonds is 12. The van der Waals surface area contributed by atoms with Gasteiger partial charge in [-0.1, -0.05) is 4.52 Å². The van der Waals surface area contributed by atoms with Crippen LogP contribution in [0.3, 0.4) is 0 Å². The van der Waals surface area contributed by atoms with Crippen LogP contribution in [0, 0.1) is 0 Å². The molecule has 0 spiro atoms. The molecular formula is C19H22N4O9S2. The number of benzene rings is 2. The Kier molecular flexibility index (Phi) is 9.47. The maximum Gasteiger partial charge on any atom is 0.396 e. The average Bonchev–Trinajstić information content (AvgIpc) is 2.78. The first kappa shape index (κ1) is 26.7. The fourth-order valence-corrected chi connectivity index (χ4v) is 2.70. The molecule has 1 N–H and O–H groups in total. The van der Waals surface area contributed by atoms with Crippen molar-refractivity contribution in [3.05, 3.63) is 48.6 Å². The smallest absolute Gasteiger partial charge is 0.396 e. The summed E-state index contributed by atoms with van der Waals surface area (Å²) >= 11 is 0. The van der Waals surface area contributed by atoms with Crippen molar-refractivity contribution in [2.45, 2.75) is 0 Å². The van der Waals surface area contributed by atoms with Crippen LogP contribution in [-0.4, -0.2) is 55.1 Å². The van der Waals surface area contributed by atoms with Gasteiger partial charge in [0.1, 0.15) is 47.6 Å². The molecule has 0 saturated heterocycles. The lowest BCUT2D eigenvalue weighted by atomic mass is 10.3. The maximum atomic E-state index is 11.3. The van der Waals surface area contributed by atoms with E-state index in [9.17, 15) is 16.8 Å². The standard InChI is InChI=1S/C19H22N4O9S2/c1-29-14-6-8-18(16(12-14)20-22-33(3,24)25)31-10-4-5-11-32-19-9-7-15(30-2)13-17(19)21-23-34(26,27)28/h4-9,12-13H,10-11H2,1-3H3,(H,26,27,28)/b5-4+,22-20?,23-21?. The maximum absolute atomic E-state index is 11.3. The van der Waals surface area contributed by atoms with E-state index in [2.05, 4.69) is 19.3 Å². The average molecular weight is 515 g/mol. The van der Waals surface area contributed by atoms with E-state index >= 15 is 0 Å². The van der Waals surface area contributed by atoms with Gasteiger partial charge in [-0.3, -0.25) is 4.55 Å². The molecule has 0 radical (unpaired) electrons. The van der Waals surface area contributed by atoms with Crippen LogP contribution >= 0.6 is 0 Å². The van der Waals surface area contributed by atoms with Gasteiger partial charge in [0.05, 0.1) is 20.5 Å². The van der Waals surface area contributed by atoms with E-state index in [1.807, 2.05) is 0 Å². The molecule has 2 rings (SSSR count). The van der Waals surface area contributed by atoms with Crippen molar-refractivity contribution >= 4 is 31.7 Å². The van der Waals surface area contributed by atoms with Crippen LogP contribution in [0.4, 0.5) is 11.4 Å². The van der Waals surface area contributed by atoms with Gasteiger partial charge >= 0.3 is 10.3 Å².